The molecule has 2 rings (SSSR count). The predicted octanol–water partition coefficient (Wildman–Crippen LogP) is 2.19. The number of ether oxygens (including phenoxy) is 1. The second-order valence-electron chi connectivity index (χ2n) is 3.91. The molecule has 0 saturated heterocycles. The number of carbonyl (C=O) groups is 2. The van der Waals surface area contributed by atoms with E-state index in [1.165, 1.54) is 7.11 Å². The van der Waals surface area contributed by atoms with Crippen LogP contribution in [-0.4, -0.2) is 24.0 Å². The van der Waals surface area contributed by atoms with E-state index in [-0.39, 0.29) is 12.2 Å². The molecule has 98 valence electrons. The molecule has 1 aromatic heterocycles. The molecule has 0 saturated carbocycles. The van der Waals surface area contributed by atoms with Crippen molar-refractivity contribution in [1.29, 1.82) is 0 Å². The zero-order valence-electron chi connectivity index (χ0n) is 10.3. The maximum absolute atomic E-state index is 11.5. The average molecular weight is 260 g/mol. The molecule has 2 aromatic rings. The molecule has 0 aliphatic heterocycles. The molecule has 0 aliphatic carbocycles. The lowest BCUT2D eigenvalue weighted by molar-refractivity contribution is -0.131. The Bertz CT molecular complexity index is 651. The third kappa shape index (κ3) is 3.01. The monoisotopic (exact) mass is 260 g/mol. The Morgan fingerprint density at radius 2 is 2.16 bits per heavy atom. The van der Waals surface area contributed by atoms with Gasteiger partial charge in [0.05, 0.1) is 13.5 Å². The number of hydrogen-bond donors (Lipinski definition) is 1. The third-order valence-corrected chi connectivity index (χ3v) is 2.54. The Morgan fingerprint density at radius 1 is 1.37 bits per heavy atom. The van der Waals surface area contributed by atoms with Crippen molar-refractivity contribution in [2.24, 2.45) is 0 Å². The number of ketones is 1. The molecule has 19 heavy (non-hydrogen) atoms. The summed E-state index contributed by atoms with van der Waals surface area (Å²) < 4.78 is 10.7. The molecule has 0 fully saturated rings. The summed E-state index contributed by atoms with van der Waals surface area (Å²) >= 11 is 0. The van der Waals surface area contributed by atoms with Crippen molar-refractivity contribution in [3.8, 4) is 5.75 Å². The van der Waals surface area contributed by atoms with Crippen molar-refractivity contribution in [3.63, 3.8) is 0 Å². The molecule has 1 heterocycles. The first-order valence-electron chi connectivity index (χ1n) is 5.59. The number of fused-ring (bicyclic) bond motifs is 1. The number of hydrogen-bond acceptors (Lipinski definition) is 4. The van der Waals surface area contributed by atoms with Gasteiger partial charge in [-0.05, 0) is 18.2 Å². The summed E-state index contributed by atoms with van der Waals surface area (Å²) in [4.78, 5) is 21.8. The molecular formula is C14H12O5. The highest BCUT2D eigenvalue weighted by atomic mass is 16.5. The molecule has 0 radical (unpaired) electrons. The van der Waals surface area contributed by atoms with Crippen molar-refractivity contribution in [2.45, 2.75) is 6.42 Å². The maximum Gasteiger partial charge on any atom is 0.328 e. The summed E-state index contributed by atoms with van der Waals surface area (Å²) in [6.07, 6.45) is 1.85. The molecule has 5 heteroatoms. The van der Waals surface area contributed by atoms with E-state index in [4.69, 9.17) is 14.3 Å². The van der Waals surface area contributed by atoms with Crippen molar-refractivity contribution < 1.29 is 23.8 Å². The van der Waals surface area contributed by atoms with Gasteiger partial charge in [0.25, 0.3) is 0 Å². The normalized spacial score (nSPS) is 11.0. The number of methoxy groups -OCH3 is 1. The molecular weight excluding hydrogens is 248 g/mol. The first-order chi connectivity index (χ1) is 9.10. The molecule has 1 aromatic carbocycles. The first kappa shape index (κ1) is 12.9. The number of carbonyl (C=O) groups excluding carboxylic acids is 1. The number of allylic oxidation sites excluding steroid dienone is 1. The third-order valence-electron chi connectivity index (χ3n) is 2.54. The molecule has 1 N–H and O–H groups in total. The number of carboxylic acids is 1. The molecule has 0 atom stereocenters. The van der Waals surface area contributed by atoms with E-state index < -0.39 is 5.97 Å². The Kier molecular flexibility index (Phi) is 3.66. The van der Waals surface area contributed by atoms with Gasteiger partial charge in [0, 0.05) is 11.5 Å². The number of para-hydroxylation sites is 1. The second kappa shape index (κ2) is 5.39. The fraction of sp³-hybridized carbons (Fsp3) is 0.143. The zero-order chi connectivity index (χ0) is 13.8. The molecule has 0 bridgehead atoms. The lowest BCUT2D eigenvalue weighted by Gasteiger charge is -1.98. The van der Waals surface area contributed by atoms with E-state index >= 15 is 0 Å². The van der Waals surface area contributed by atoms with E-state index in [9.17, 15) is 9.59 Å². The summed E-state index contributed by atoms with van der Waals surface area (Å²) in [5.41, 5.74) is 0.579. The van der Waals surface area contributed by atoms with Gasteiger partial charge in [-0.1, -0.05) is 12.1 Å². The highest BCUT2D eigenvalue weighted by molar-refractivity contribution is 5.96. The van der Waals surface area contributed by atoms with Gasteiger partial charge in [0.1, 0.15) is 5.76 Å². The Labute approximate surface area is 109 Å². The fourth-order valence-electron chi connectivity index (χ4n) is 1.73. The molecule has 5 nitrogen and oxygen atoms in total. The molecule has 0 aliphatic rings. The standard InChI is InChI=1S/C14H12O5/c1-18-12-4-2-3-9-7-11(19-14(9)12)8-10(15)5-6-13(16)17/h2-7H,8H2,1H3,(H,16,17)/b6-5+. The average Bonchev–Trinajstić information content (AvgIpc) is 2.78. The Morgan fingerprint density at radius 3 is 2.84 bits per heavy atom. The number of furan rings is 1. The van der Waals surface area contributed by atoms with Crippen LogP contribution in [0.1, 0.15) is 5.76 Å². The van der Waals surface area contributed by atoms with Crippen LogP contribution in [0.5, 0.6) is 5.75 Å². The smallest absolute Gasteiger partial charge is 0.328 e. The number of aliphatic carboxylic acids is 1. The van der Waals surface area contributed by atoms with Crippen LogP contribution in [0.3, 0.4) is 0 Å². The quantitative estimate of drug-likeness (QED) is 0.834. The predicted molar refractivity (Wildman–Crippen MR) is 68.3 cm³/mol. The molecule has 0 amide bonds. The highest BCUT2D eigenvalue weighted by Crippen LogP contribution is 2.28. The van der Waals surface area contributed by atoms with Gasteiger partial charge in [-0.2, -0.15) is 0 Å². The van der Waals surface area contributed by atoms with E-state index in [1.807, 2.05) is 12.1 Å². The number of benzene rings is 1. The lowest BCUT2D eigenvalue weighted by Crippen LogP contribution is -1.98. The van der Waals surface area contributed by atoms with E-state index in [0.29, 0.717) is 17.1 Å². The van der Waals surface area contributed by atoms with Crippen LogP contribution in [0.15, 0.2) is 40.8 Å². The summed E-state index contributed by atoms with van der Waals surface area (Å²) in [6, 6.07) is 7.18. The lowest BCUT2D eigenvalue weighted by atomic mass is 10.2. The van der Waals surface area contributed by atoms with Crippen molar-refractivity contribution >= 4 is 22.7 Å². The Balaban J connectivity index is 2.22. The van der Waals surface area contributed by atoms with Gasteiger partial charge in [-0.15, -0.1) is 0 Å². The second-order valence-corrected chi connectivity index (χ2v) is 3.91. The van der Waals surface area contributed by atoms with Crippen LogP contribution < -0.4 is 4.74 Å². The van der Waals surface area contributed by atoms with Crippen molar-refractivity contribution in [3.05, 3.63) is 42.2 Å². The number of carboxylic acid groups (broad SMARTS) is 1. The van der Waals surface area contributed by atoms with E-state index in [1.54, 1.807) is 12.1 Å². The minimum atomic E-state index is -1.15. The van der Waals surface area contributed by atoms with Crippen LogP contribution in [0, 0.1) is 0 Å². The minimum Gasteiger partial charge on any atom is -0.493 e. The summed E-state index contributed by atoms with van der Waals surface area (Å²) in [5.74, 6) is -0.420. The summed E-state index contributed by atoms with van der Waals surface area (Å²) in [6.45, 7) is 0. The van der Waals surface area contributed by atoms with Crippen LogP contribution in [0.25, 0.3) is 11.0 Å². The van der Waals surface area contributed by atoms with Gasteiger partial charge in [-0.25, -0.2) is 4.79 Å². The van der Waals surface area contributed by atoms with Gasteiger partial charge in [0.2, 0.25) is 0 Å². The van der Waals surface area contributed by atoms with Crippen LogP contribution in [-0.2, 0) is 16.0 Å². The van der Waals surface area contributed by atoms with Gasteiger partial charge in [0.15, 0.2) is 17.1 Å². The summed E-state index contributed by atoms with van der Waals surface area (Å²) in [5, 5.41) is 9.27. The van der Waals surface area contributed by atoms with Gasteiger partial charge < -0.3 is 14.3 Å². The fourth-order valence-corrected chi connectivity index (χ4v) is 1.73. The van der Waals surface area contributed by atoms with Gasteiger partial charge in [-0.3, -0.25) is 4.79 Å². The Hall–Kier alpha value is -2.56. The first-order valence-corrected chi connectivity index (χ1v) is 5.59. The van der Waals surface area contributed by atoms with Gasteiger partial charge >= 0.3 is 5.97 Å². The molecule has 0 spiro atoms. The highest BCUT2D eigenvalue weighted by Gasteiger charge is 2.10. The SMILES string of the molecule is COc1cccc2cc(CC(=O)/C=C/C(=O)O)oc12. The number of rotatable bonds is 5. The van der Waals surface area contributed by atoms with E-state index in [0.717, 1.165) is 17.5 Å². The van der Waals surface area contributed by atoms with Crippen LogP contribution >= 0.6 is 0 Å². The van der Waals surface area contributed by atoms with Crippen molar-refractivity contribution in [1.82, 2.24) is 0 Å². The minimum absolute atomic E-state index is 0.0155. The maximum atomic E-state index is 11.5. The topological polar surface area (TPSA) is 76.7 Å². The molecule has 0 unspecified atom stereocenters. The summed E-state index contributed by atoms with van der Waals surface area (Å²) in [7, 11) is 1.54. The largest absolute Gasteiger partial charge is 0.493 e. The zero-order valence-corrected chi connectivity index (χ0v) is 10.3. The van der Waals surface area contributed by atoms with Crippen LogP contribution in [0.2, 0.25) is 0 Å². The van der Waals surface area contributed by atoms with E-state index in [2.05, 4.69) is 0 Å². The van der Waals surface area contributed by atoms with Crippen molar-refractivity contribution in [2.75, 3.05) is 7.11 Å². The van der Waals surface area contributed by atoms with Crippen LogP contribution in [0.4, 0.5) is 0 Å².